The summed E-state index contributed by atoms with van der Waals surface area (Å²) in [7, 11) is 0. The van der Waals surface area contributed by atoms with Gasteiger partial charge in [0, 0.05) is 48.6 Å². The number of hydrogen-bond donors (Lipinski definition) is 0. The second-order valence-electron chi connectivity index (χ2n) is 25.6. The van der Waals surface area contributed by atoms with E-state index in [9.17, 15) is 0 Å². The monoisotopic (exact) mass is 885 g/mol. The van der Waals surface area contributed by atoms with Crippen LogP contribution in [-0.2, 0) is 32.5 Å². The van der Waals surface area contributed by atoms with Crippen molar-refractivity contribution >= 4 is 88.7 Å². The molecule has 336 valence electrons. The molecule has 0 saturated carbocycles. The Morgan fingerprint density at radius 1 is 0.439 bits per heavy atom. The van der Waals surface area contributed by atoms with Crippen LogP contribution in [0, 0.1) is 20.8 Å². The summed E-state index contributed by atoms with van der Waals surface area (Å²) in [6.45, 7) is 36.8. The lowest BCUT2D eigenvalue weighted by molar-refractivity contribution is 0.332. The zero-order valence-corrected chi connectivity index (χ0v) is 43.3. The highest BCUT2D eigenvalue weighted by Gasteiger charge is 2.49. The first-order chi connectivity index (χ1) is 30.9. The molecule has 5 aliphatic rings. The summed E-state index contributed by atoms with van der Waals surface area (Å²) in [5.41, 5.74) is 25.9. The van der Waals surface area contributed by atoms with Crippen molar-refractivity contribution < 1.29 is 0 Å². The zero-order valence-electron chi connectivity index (χ0n) is 42.5. The van der Waals surface area contributed by atoms with Crippen LogP contribution >= 0.6 is 11.3 Å². The lowest BCUT2D eigenvalue weighted by Gasteiger charge is -2.47. The topological polar surface area (TPSA) is 6.48 Å². The Kier molecular flexibility index (Phi) is 8.54. The Balaban J connectivity index is 1.23. The van der Waals surface area contributed by atoms with Crippen molar-refractivity contribution in [2.45, 2.75) is 168 Å². The molecule has 0 atom stereocenters. The number of nitrogens with zero attached hydrogens (tertiary/aromatic N) is 2. The molecule has 1 aromatic heterocycles. The predicted octanol–water partition coefficient (Wildman–Crippen LogP) is 15.7. The maximum Gasteiger partial charge on any atom is 0.252 e. The van der Waals surface area contributed by atoms with Gasteiger partial charge in [0.2, 0.25) is 0 Å². The van der Waals surface area contributed by atoms with E-state index in [1.165, 1.54) is 146 Å². The minimum Gasteiger partial charge on any atom is -0.311 e. The highest BCUT2D eigenvalue weighted by Crippen LogP contribution is 2.57. The summed E-state index contributed by atoms with van der Waals surface area (Å²) in [5.74, 6) is 0. The molecule has 3 aliphatic carbocycles. The summed E-state index contributed by atoms with van der Waals surface area (Å²) >= 11 is 2.00. The van der Waals surface area contributed by atoms with E-state index >= 15 is 0 Å². The Morgan fingerprint density at radius 3 is 1.61 bits per heavy atom. The van der Waals surface area contributed by atoms with Gasteiger partial charge in [-0.05, 0) is 200 Å². The molecule has 12 rings (SSSR count). The van der Waals surface area contributed by atoms with Crippen molar-refractivity contribution in [2.75, 3.05) is 9.80 Å². The van der Waals surface area contributed by atoms with E-state index in [4.69, 9.17) is 0 Å². The molecule has 0 saturated heterocycles. The van der Waals surface area contributed by atoms with E-state index in [2.05, 4.69) is 199 Å². The molecule has 2 nitrogen and oxygen atoms in total. The Labute approximate surface area is 399 Å². The third-order valence-corrected chi connectivity index (χ3v) is 19.1. The Bertz CT molecular complexity index is 3300. The fourth-order valence-corrected chi connectivity index (χ4v) is 15.4. The average Bonchev–Trinajstić information content (AvgIpc) is 3.70. The average molecular weight is 885 g/mol. The first-order valence-electron chi connectivity index (χ1n) is 25.1. The molecule has 0 fully saturated rings. The van der Waals surface area contributed by atoms with Crippen LogP contribution in [0.25, 0.3) is 20.2 Å². The third-order valence-electron chi connectivity index (χ3n) is 18.0. The molecule has 4 heteroatoms. The van der Waals surface area contributed by atoms with E-state index in [0.717, 1.165) is 6.42 Å². The van der Waals surface area contributed by atoms with Gasteiger partial charge in [0.05, 0.1) is 5.69 Å². The first-order valence-corrected chi connectivity index (χ1v) is 25.9. The molecule has 0 N–H and O–H groups in total. The van der Waals surface area contributed by atoms with Gasteiger partial charge < -0.3 is 9.80 Å². The summed E-state index contributed by atoms with van der Waals surface area (Å²) in [6.07, 6.45) is 5.96. The van der Waals surface area contributed by atoms with Crippen molar-refractivity contribution in [1.82, 2.24) is 0 Å². The van der Waals surface area contributed by atoms with Crippen LogP contribution in [0.15, 0.2) is 84.9 Å². The lowest BCUT2D eigenvalue weighted by Crippen LogP contribution is -2.61. The minimum atomic E-state index is 0.0580. The van der Waals surface area contributed by atoms with Crippen molar-refractivity contribution in [3.05, 3.63) is 135 Å². The summed E-state index contributed by atoms with van der Waals surface area (Å²) in [4.78, 5) is 5.45. The molecule has 0 bridgehead atoms. The van der Waals surface area contributed by atoms with Crippen molar-refractivity contribution in [2.24, 2.45) is 0 Å². The molecule has 2 aliphatic heterocycles. The van der Waals surface area contributed by atoms with Gasteiger partial charge in [-0.1, -0.05) is 119 Å². The number of fused-ring (bicyclic) bond motifs is 11. The smallest absolute Gasteiger partial charge is 0.252 e. The highest BCUT2D eigenvalue weighted by molar-refractivity contribution is 7.26. The number of aryl methyl sites for hydroxylation is 3. The quantitative estimate of drug-likeness (QED) is 0.160. The second-order valence-corrected chi connectivity index (χ2v) is 26.7. The molecule has 0 amide bonds. The zero-order chi connectivity index (χ0) is 46.6. The van der Waals surface area contributed by atoms with Gasteiger partial charge in [0.1, 0.15) is 0 Å². The van der Waals surface area contributed by atoms with Crippen LogP contribution in [0.2, 0.25) is 0 Å². The molecule has 6 aromatic carbocycles. The molecule has 0 spiro atoms. The molecule has 3 heterocycles. The number of thiophene rings is 1. The lowest BCUT2D eigenvalue weighted by atomic mass is 9.33. The van der Waals surface area contributed by atoms with Crippen LogP contribution in [-0.4, -0.2) is 6.71 Å². The summed E-state index contributed by atoms with van der Waals surface area (Å²) in [5, 5.41) is 2.82. The van der Waals surface area contributed by atoms with Crippen LogP contribution in [0.5, 0.6) is 0 Å². The van der Waals surface area contributed by atoms with Crippen molar-refractivity contribution in [3.63, 3.8) is 0 Å². The van der Waals surface area contributed by atoms with Crippen LogP contribution in [0.3, 0.4) is 0 Å². The Morgan fingerprint density at radius 2 is 0.970 bits per heavy atom. The molecule has 0 radical (unpaired) electrons. The van der Waals surface area contributed by atoms with Gasteiger partial charge in [-0.3, -0.25) is 0 Å². The van der Waals surface area contributed by atoms with Crippen molar-refractivity contribution in [3.8, 4) is 0 Å². The number of rotatable bonds is 2. The SMILES string of the molecule is Cc1cc2c3c(c1)N(c1ccccc1C)c1c(ccc4sc5cc6c(cc5c14)C(C)(C)CCC6(C)C)B3c1cc3c(cc1N2c1cc2c(cc1C)C(C)(C)CCC2(C)C)C(C)(C)CC3(C)C. The molecular formula is C62H69BN2S. The fourth-order valence-electron chi connectivity index (χ4n) is 14.3. The maximum atomic E-state index is 2.74. The maximum absolute atomic E-state index is 2.74. The summed E-state index contributed by atoms with van der Waals surface area (Å²) < 4.78 is 2.79. The largest absolute Gasteiger partial charge is 0.311 e. The van der Waals surface area contributed by atoms with Gasteiger partial charge in [0.25, 0.3) is 6.71 Å². The first kappa shape index (κ1) is 42.6. The number of para-hydroxylation sites is 1. The predicted molar refractivity (Wildman–Crippen MR) is 289 cm³/mol. The third kappa shape index (κ3) is 5.72. The Hall–Kier alpha value is -4.80. The molecule has 0 unspecified atom stereocenters. The number of benzene rings is 6. The van der Waals surface area contributed by atoms with E-state index in [-0.39, 0.29) is 39.2 Å². The molecule has 66 heavy (non-hydrogen) atoms. The van der Waals surface area contributed by atoms with Crippen LogP contribution in [0.1, 0.15) is 165 Å². The van der Waals surface area contributed by atoms with Crippen LogP contribution < -0.4 is 26.2 Å². The number of hydrogen-bond acceptors (Lipinski definition) is 3. The minimum absolute atomic E-state index is 0.0580. The van der Waals surface area contributed by atoms with Crippen LogP contribution in [0.4, 0.5) is 34.1 Å². The van der Waals surface area contributed by atoms with Gasteiger partial charge in [0.15, 0.2) is 0 Å². The number of anilines is 6. The van der Waals surface area contributed by atoms with Gasteiger partial charge in [-0.25, -0.2) is 0 Å². The second kappa shape index (κ2) is 13.2. The van der Waals surface area contributed by atoms with E-state index in [0.29, 0.717) is 0 Å². The van der Waals surface area contributed by atoms with E-state index in [1.807, 2.05) is 11.3 Å². The van der Waals surface area contributed by atoms with Crippen molar-refractivity contribution in [1.29, 1.82) is 0 Å². The summed E-state index contributed by atoms with van der Waals surface area (Å²) in [6, 6.07) is 35.1. The fraction of sp³-hybridized carbons (Fsp3) is 0.419. The van der Waals surface area contributed by atoms with Gasteiger partial charge >= 0.3 is 0 Å². The highest BCUT2D eigenvalue weighted by atomic mass is 32.1. The normalized spacial score (nSPS) is 20.7. The molecular weight excluding hydrogens is 816 g/mol. The van der Waals surface area contributed by atoms with E-state index < -0.39 is 0 Å². The van der Waals surface area contributed by atoms with Gasteiger partial charge in [-0.15, -0.1) is 11.3 Å². The van der Waals surface area contributed by atoms with E-state index in [1.54, 1.807) is 0 Å². The standard InChI is InChI=1S/C62H69BN2S/c1-35-26-50-55-51(27-35)65(47-19-17-16-18-36(47)2)56-45(20-21-52-54(56)38-29-40-44(33-53(38)66-52)60(10,11)25-23-58(40,6)7)63(55)46-30-41-43(62(14,15)34-61(41,12)13)32-49(46)64(50)48-31-42-39(28-37(48)3)57(4,5)22-24-59(42,8)9/h16-21,26-33H,22-25,34H2,1-15H3. The molecule has 7 aromatic rings. The van der Waals surface area contributed by atoms with Gasteiger partial charge in [-0.2, -0.15) is 0 Å².